The summed E-state index contributed by atoms with van der Waals surface area (Å²) in [6.45, 7) is 1.82. The first-order valence-corrected chi connectivity index (χ1v) is 3.41. The van der Waals surface area contributed by atoms with E-state index in [0.29, 0.717) is 0 Å². The van der Waals surface area contributed by atoms with Crippen LogP contribution in [0.1, 0.15) is 24.5 Å². The molecule has 1 aromatic carbocycles. The lowest BCUT2D eigenvalue weighted by Gasteiger charge is -2.00. The number of halogens is 2. The van der Waals surface area contributed by atoms with Gasteiger partial charge in [0.05, 0.1) is 0 Å². The monoisotopic (exact) mass is 155 g/mol. The molecule has 0 amide bonds. The molecule has 1 radical (unpaired) electrons. The number of benzene rings is 1. The predicted molar refractivity (Wildman–Crippen MR) is 40.5 cm³/mol. The maximum Gasteiger partial charge on any atom is 0.263 e. The molecule has 0 bridgehead atoms. The Labute approximate surface area is 64.9 Å². The molecule has 0 saturated carbocycles. The Hall–Kier alpha value is -0.920. The van der Waals surface area contributed by atoms with E-state index in [1.165, 1.54) is 12.1 Å². The average molecular weight is 155 g/mol. The summed E-state index contributed by atoms with van der Waals surface area (Å²) in [5, 5.41) is 0. The van der Waals surface area contributed by atoms with E-state index in [-0.39, 0.29) is 5.56 Å². The Kier molecular flexibility index (Phi) is 2.58. The Bertz CT molecular complexity index is 231. The van der Waals surface area contributed by atoms with Gasteiger partial charge in [0.1, 0.15) is 0 Å². The summed E-state index contributed by atoms with van der Waals surface area (Å²) >= 11 is 0. The molecule has 0 aromatic heterocycles. The van der Waals surface area contributed by atoms with Crippen molar-refractivity contribution in [2.24, 2.45) is 0 Å². The van der Waals surface area contributed by atoms with Crippen molar-refractivity contribution in [1.29, 1.82) is 0 Å². The third-order valence-electron chi connectivity index (χ3n) is 1.50. The zero-order valence-electron chi connectivity index (χ0n) is 6.22. The summed E-state index contributed by atoms with van der Waals surface area (Å²) < 4.78 is 24.1. The normalized spacial score (nSPS) is 10.5. The lowest BCUT2D eigenvalue weighted by Crippen LogP contribution is -1.85. The highest BCUT2D eigenvalue weighted by Crippen LogP contribution is 2.19. The van der Waals surface area contributed by atoms with Crippen molar-refractivity contribution in [3.8, 4) is 0 Å². The minimum Gasteiger partial charge on any atom is -0.205 e. The predicted octanol–water partition coefficient (Wildman–Crippen LogP) is 3.20. The smallest absolute Gasteiger partial charge is 0.205 e. The molecule has 59 valence electrons. The maximum atomic E-state index is 12.1. The fourth-order valence-electron chi connectivity index (χ4n) is 0.874. The summed E-state index contributed by atoms with van der Waals surface area (Å²) in [6.07, 6.45) is -0.568. The molecule has 0 fully saturated rings. The van der Waals surface area contributed by atoms with Crippen molar-refractivity contribution in [2.45, 2.75) is 13.3 Å². The van der Waals surface area contributed by atoms with Crippen molar-refractivity contribution in [2.75, 3.05) is 0 Å². The lowest BCUT2D eigenvalue weighted by molar-refractivity contribution is 0.151. The number of hydrogen-bond donors (Lipinski definition) is 0. The van der Waals surface area contributed by atoms with Gasteiger partial charge in [0, 0.05) is 5.56 Å². The number of alkyl halides is 2. The van der Waals surface area contributed by atoms with Crippen molar-refractivity contribution >= 4 is 0 Å². The van der Waals surface area contributed by atoms with Crippen LogP contribution < -0.4 is 0 Å². The van der Waals surface area contributed by atoms with Gasteiger partial charge >= 0.3 is 0 Å². The second-order valence-corrected chi connectivity index (χ2v) is 2.26. The van der Waals surface area contributed by atoms with Gasteiger partial charge in [0.2, 0.25) is 0 Å². The van der Waals surface area contributed by atoms with Gasteiger partial charge < -0.3 is 0 Å². The van der Waals surface area contributed by atoms with Gasteiger partial charge in [-0.3, -0.25) is 0 Å². The molecular weight excluding hydrogens is 146 g/mol. The lowest BCUT2D eigenvalue weighted by atomic mass is 10.1. The van der Waals surface area contributed by atoms with Crippen LogP contribution in [-0.2, 0) is 0 Å². The molecule has 11 heavy (non-hydrogen) atoms. The van der Waals surface area contributed by atoms with Crippen LogP contribution in [0.3, 0.4) is 0 Å². The second kappa shape index (κ2) is 3.46. The molecule has 0 saturated heterocycles. The molecule has 0 aliphatic heterocycles. The molecule has 2 heteroatoms. The SMILES string of the molecule is C[CH]c1cccc(C(F)F)c1. The van der Waals surface area contributed by atoms with Crippen LogP contribution in [0.2, 0.25) is 0 Å². The Balaban J connectivity index is 2.91. The van der Waals surface area contributed by atoms with E-state index in [0.717, 1.165) is 5.56 Å². The molecule has 0 unspecified atom stereocenters. The van der Waals surface area contributed by atoms with Gasteiger partial charge in [-0.05, 0) is 18.1 Å². The van der Waals surface area contributed by atoms with Crippen LogP contribution in [0.15, 0.2) is 24.3 Å². The first-order valence-electron chi connectivity index (χ1n) is 3.41. The van der Waals surface area contributed by atoms with E-state index < -0.39 is 6.43 Å². The van der Waals surface area contributed by atoms with Gasteiger partial charge in [0.15, 0.2) is 0 Å². The first kappa shape index (κ1) is 8.18. The van der Waals surface area contributed by atoms with Gasteiger partial charge in [-0.2, -0.15) is 0 Å². The molecule has 0 nitrogen and oxygen atoms in total. The molecule has 0 aliphatic carbocycles. The minimum atomic E-state index is -2.37. The molecule has 0 spiro atoms. The summed E-state index contributed by atoms with van der Waals surface area (Å²) in [5.41, 5.74) is 0.920. The van der Waals surface area contributed by atoms with E-state index in [4.69, 9.17) is 0 Å². The highest BCUT2D eigenvalue weighted by atomic mass is 19.3. The number of hydrogen-bond acceptors (Lipinski definition) is 0. The van der Waals surface area contributed by atoms with E-state index in [1.807, 2.05) is 6.92 Å². The summed E-state index contributed by atoms with van der Waals surface area (Å²) in [6, 6.07) is 6.35. The van der Waals surface area contributed by atoms with Crippen molar-refractivity contribution < 1.29 is 8.78 Å². The third-order valence-corrected chi connectivity index (χ3v) is 1.50. The van der Waals surface area contributed by atoms with E-state index in [9.17, 15) is 8.78 Å². The average Bonchev–Trinajstić information content (AvgIpc) is 2.05. The zero-order chi connectivity index (χ0) is 8.27. The molecule has 1 aromatic rings. The quantitative estimate of drug-likeness (QED) is 0.615. The number of rotatable bonds is 2. The van der Waals surface area contributed by atoms with Crippen molar-refractivity contribution in [1.82, 2.24) is 0 Å². The fourth-order valence-corrected chi connectivity index (χ4v) is 0.874. The molecule has 0 heterocycles. The van der Waals surface area contributed by atoms with Crippen LogP contribution in [0.5, 0.6) is 0 Å². The van der Waals surface area contributed by atoms with Crippen molar-refractivity contribution in [3.05, 3.63) is 41.8 Å². The molecular formula is C9H9F2. The standard InChI is InChI=1S/C9H9F2/c1-2-7-4-3-5-8(6-7)9(10)11/h2-6,9H,1H3. The van der Waals surface area contributed by atoms with E-state index in [1.54, 1.807) is 18.6 Å². The molecule has 0 aliphatic rings. The Morgan fingerprint density at radius 3 is 2.64 bits per heavy atom. The highest BCUT2D eigenvalue weighted by molar-refractivity contribution is 5.28. The zero-order valence-corrected chi connectivity index (χ0v) is 6.22. The second-order valence-electron chi connectivity index (χ2n) is 2.26. The molecule has 0 atom stereocenters. The van der Waals surface area contributed by atoms with Gasteiger partial charge in [-0.25, -0.2) is 8.78 Å². The fraction of sp³-hybridized carbons (Fsp3) is 0.222. The van der Waals surface area contributed by atoms with Crippen LogP contribution in [0.25, 0.3) is 0 Å². The summed E-state index contributed by atoms with van der Waals surface area (Å²) in [5.74, 6) is 0. The van der Waals surface area contributed by atoms with Crippen LogP contribution in [0, 0.1) is 6.42 Å². The topological polar surface area (TPSA) is 0 Å². The van der Waals surface area contributed by atoms with Gasteiger partial charge in [-0.15, -0.1) is 0 Å². The summed E-state index contributed by atoms with van der Waals surface area (Å²) in [4.78, 5) is 0. The van der Waals surface area contributed by atoms with Crippen LogP contribution in [0.4, 0.5) is 8.78 Å². The summed E-state index contributed by atoms with van der Waals surface area (Å²) in [7, 11) is 0. The van der Waals surface area contributed by atoms with Gasteiger partial charge in [-0.1, -0.05) is 25.1 Å². The Morgan fingerprint density at radius 2 is 2.09 bits per heavy atom. The third kappa shape index (κ3) is 2.00. The van der Waals surface area contributed by atoms with E-state index in [2.05, 4.69) is 0 Å². The first-order chi connectivity index (χ1) is 5.24. The van der Waals surface area contributed by atoms with Crippen LogP contribution >= 0.6 is 0 Å². The maximum absolute atomic E-state index is 12.1. The molecule has 0 N–H and O–H groups in total. The van der Waals surface area contributed by atoms with E-state index >= 15 is 0 Å². The molecule has 1 rings (SSSR count). The minimum absolute atomic E-state index is 0.0839. The highest BCUT2D eigenvalue weighted by Gasteiger charge is 2.05. The van der Waals surface area contributed by atoms with Crippen LogP contribution in [-0.4, -0.2) is 0 Å². The van der Waals surface area contributed by atoms with Gasteiger partial charge in [0.25, 0.3) is 6.43 Å². The largest absolute Gasteiger partial charge is 0.263 e. The Morgan fingerprint density at radius 1 is 1.36 bits per heavy atom. The van der Waals surface area contributed by atoms with Crippen molar-refractivity contribution in [3.63, 3.8) is 0 Å².